The van der Waals surface area contributed by atoms with Crippen LogP contribution in [0.5, 0.6) is 0 Å². The summed E-state index contributed by atoms with van der Waals surface area (Å²) in [5.41, 5.74) is 0. The summed E-state index contributed by atoms with van der Waals surface area (Å²) in [7, 11) is 1.27. The zero-order valence-electron chi connectivity index (χ0n) is 47.5. The fraction of sp³-hybridized carbons (Fsp3) is 0.918. The molecular weight excluding hydrogens is 888 g/mol. The third kappa shape index (κ3) is 54.7. The van der Waals surface area contributed by atoms with Gasteiger partial charge in [-0.25, -0.2) is 0 Å². The molecule has 3 atom stereocenters. The molecule has 0 aliphatic carbocycles. The van der Waals surface area contributed by atoms with Gasteiger partial charge < -0.3 is 28.8 Å². The van der Waals surface area contributed by atoms with E-state index in [1.807, 2.05) is 27.2 Å². The van der Waals surface area contributed by atoms with Gasteiger partial charge in [0.1, 0.15) is 13.2 Å². The minimum atomic E-state index is -4.60. The summed E-state index contributed by atoms with van der Waals surface area (Å²) < 4.78 is 23.4. The summed E-state index contributed by atoms with van der Waals surface area (Å²) in [4.78, 5) is 25.5. The zero-order valence-corrected chi connectivity index (χ0v) is 48.4. The molecule has 0 spiro atoms. The number of aliphatic hydroxyl groups is 1. The number of unbranched alkanes of at least 4 members (excludes halogenated alkanes) is 42. The second-order valence-electron chi connectivity index (χ2n) is 22.4. The molecule has 0 aromatic heterocycles. The van der Waals surface area contributed by atoms with Crippen LogP contribution in [0, 0.1) is 0 Å². The predicted octanol–water partition coefficient (Wildman–Crippen LogP) is 18.1. The molecule has 0 bridgehead atoms. The van der Waals surface area contributed by atoms with Crippen molar-refractivity contribution < 1.29 is 32.9 Å². The van der Waals surface area contributed by atoms with E-state index in [1.54, 1.807) is 6.08 Å². The quantitative estimate of drug-likeness (QED) is 0.0272. The van der Waals surface area contributed by atoms with Crippen molar-refractivity contribution in [2.24, 2.45) is 0 Å². The van der Waals surface area contributed by atoms with E-state index in [9.17, 15) is 19.4 Å². The Kier molecular flexibility index (Phi) is 52.1. The minimum Gasteiger partial charge on any atom is -0.756 e. The Morgan fingerprint density at radius 1 is 0.486 bits per heavy atom. The van der Waals surface area contributed by atoms with Crippen LogP contribution in [-0.2, 0) is 18.4 Å². The Balaban J connectivity index is 4.12. The average Bonchev–Trinajstić information content (AvgIpc) is 3.32. The molecule has 0 saturated carbocycles. The Morgan fingerprint density at radius 2 is 0.786 bits per heavy atom. The molecule has 3 unspecified atom stereocenters. The van der Waals surface area contributed by atoms with Gasteiger partial charge in [0, 0.05) is 6.42 Å². The standard InChI is InChI=1S/C61H121N2O6P/c1-6-8-10-12-14-16-18-20-22-24-26-28-29-30-31-32-33-34-35-37-39-41-43-45-47-49-51-53-55-61(65)62-59(58-69-70(66,67)68-57-56-63(3,4)5)60(64)54-52-50-48-46-44-42-40-38-36-27-25-23-21-19-17-15-13-11-9-7-2/h30-31,52,54,59-60,64H,6-29,32-51,53,55-58H2,1-5H3,(H-,62,65,66,67)/b31-30-,54-52+. The molecule has 9 heteroatoms. The third-order valence-corrected chi connectivity index (χ3v) is 15.1. The Bertz CT molecular complexity index is 1190. The normalized spacial score (nSPS) is 14.0. The Hall–Kier alpha value is -1.02. The summed E-state index contributed by atoms with van der Waals surface area (Å²) >= 11 is 0. The minimum absolute atomic E-state index is 0.000976. The maximum absolute atomic E-state index is 13.0. The molecule has 0 aromatic rings. The van der Waals surface area contributed by atoms with Gasteiger partial charge in [0.2, 0.25) is 5.91 Å². The second-order valence-corrected chi connectivity index (χ2v) is 23.8. The van der Waals surface area contributed by atoms with Crippen LogP contribution in [0.3, 0.4) is 0 Å². The highest BCUT2D eigenvalue weighted by Gasteiger charge is 2.23. The van der Waals surface area contributed by atoms with Gasteiger partial charge in [0.15, 0.2) is 0 Å². The highest BCUT2D eigenvalue weighted by atomic mass is 31.2. The molecule has 0 heterocycles. The number of carbonyl (C=O) groups excluding carboxylic acids is 1. The number of amides is 1. The summed E-state index contributed by atoms with van der Waals surface area (Å²) in [6.07, 6.45) is 66.9. The van der Waals surface area contributed by atoms with Crippen molar-refractivity contribution in [2.75, 3.05) is 40.9 Å². The lowest BCUT2D eigenvalue weighted by Gasteiger charge is -2.29. The molecule has 0 aromatic carbocycles. The van der Waals surface area contributed by atoms with Gasteiger partial charge in [-0.1, -0.05) is 282 Å². The van der Waals surface area contributed by atoms with Crippen LogP contribution >= 0.6 is 7.82 Å². The van der Waals surface area contributed by atoms with Crippen molar-refractivity contribution in [1.29, 1.82) is 0 Å². The number of likely N-dealkylation sites (N-methyl/N-ethyl adjacent to an activating group) is 1. The fourth-order valence-electron chi connectivity index (χ4n) is 9.33. The number of hydrogen-bond acceptors (Lipinski definition) is 6. The summed E-state index contributed by atoms with van der Waals surface area (Å²) in [6, 6.07) is -0.885. The van der Waals surface area contributed by atoms with E-state index in [0.717, 1.165) is 38.5 Å². The van der Waals surface area contributed by atoms with Crippen LogP contribution in [0.1, 0.15) is 309 Å². The van der Waals surface area contributed by atoms with Crippen LogP contribution in [0.25, 0.3) is 0 Å². The smallest absolute Gasteiger partial charge is 0.268 e. The molecule has 0 rings (SSSR count). The molecule has 2 N–H and O–H groups in total. The van der Waals surface area contributed by atoms with Gasteiger partial charge in [0.25, 0.3) is 7.82 Å². The lowest BCUT2D eigenvalue weighted by atomic mass is 10.0. The number of rotatable bonds is 57. The van der Waals surface area contributed by atoms with Gasteiger partial charge >= 0.3 is 0 Å². The van der Waals surface area contributed by atoms with E-state index in [1.165, 1.54) is 250 Å². The third-order valence-electron chi connectivity index (χ3n) is 14.2. The Morgan fingerprint density at radius 3 is 1.11 bits per heavy atom. The lowest BCUT2D eigenvalue weighted by molar-refractivity contribution is -0.870. The van der Waals surface area contributed by atoms with Crippen molar-refractivity contribution in [3.8, 4) is 0 Å². The average molecular weight is 1010 g/mol. The van der Waals surface area contributed by atoms with Gasteiger partial charge in [-0.3, -0.25) is 9.36 Å². The van der Waals surface area contributed by atoms with Crippen LogP contribution in [0.15, 0.2) is 24.3 Å². The summed E-state index contributed by atoms with van der Waals surface area (Å²) in [5.74, 6) is -0.193. The molecule has 1 amide bonds. The topological polar surface area (TPSA) is 108 Å². The van der Waals surface area contributed by atoms with Gasteiger partial charge in [0.05, 0.1) is 39.9 Å². The predicted molar refractivity (Wildman–Crippen MR) is 302 cm³/mol. The molecule has 70 heavy (non-hydrogen) atoms. The van der Waals surface area contributed by atoms with Gasteiger partial charge in [-0.2, -0.15) is 0 Å². The van der Waals surface area contributed by atoms with Crippen LogP contribution < -0.4 is 10.2 Å². The van der Waals surface area contributed by atoms with E-state index in [4.69, 9.17) is 9.05 Å². The van der Waals surface area contributed by atoms with E-state index in [0.29, 0.717) is 17.4 Å². The lowest BCUT2D eigenvalue weighted by Crippen LogP contribution is -2.45. The van der Waals surface area contributed by atoms with E-state index in [2.05, 4.69) is 31.3 Å². The monoisotopic (exact) mass is 1010 g/mol. The van der Waals surface area contributed by atoms with Crippen LogP contribution in [-0.4, -0.2) is 68.5 Å². The molecule has 8 nitrogen and oxygen atoms in total. The first-order valence-electron chi connectivity index (χ1n) is 30.7. The molecule has 416 valence electrons. The molecule has 0 fully saturated rings. The SMILES string of the molecule is CCCCCCCCCCCCCC/C=C\CCCCCCCCCCCCCCC(=O)NC(COP(=O)([O-])OCC[N+](C)(C)C)C(O)/C=C/CCCCCCCCCCCCCCCCCCCC. The molecular formula is C61H121N2O6P. The molecule has 0 saturated heterocycles. The first-order chi connectivity index (χ1) is 34.0. The largest absolute Gasteiger partial charge is 0.756 e. The maximum Gasteiger partial charge on any atom is 0.268 e. The number of carbonyl (C=O) groups is 1. The first kappa shape index (κ1) is 69.0. The number of quaternary nitrogens is 1. The van der Waals surface area contributed by atoms with Gasteiger partial charge in [-0.15, -0.1) is 0 Å². The van der Waals surface area contributed by atoms with Crippen molar-refractivity contribution in [3.05, 3.63) is 24.3 Å². The number of phosphoric ester groups is 1. The summed E-state index contributed by atoms with van der Waals surface area (Å²) in [6.45, 7) is 4.70. The fourth-order valence-corrected chi connectivity index (χ4v) is 10.1. The number of nitrogens with one attached hydrogen (secondary N) is 1. The maximum atomic E-state index is 13.0. The molecule has 0 radical (unpaired) electrons. The summed E-state index contributed by atoms with van der Waals surface area (Å²) in [5, 5.41) is 13.9. The van der Waals surface area contributed by atoms with Crippen LogP contribution in [0.4, 0.5) is 0 Å². The number of nitrogens with zero attached hydrogens (tertiary/aromatic N) is 1. The van der Waals surface area contributed by atoms with E-state index in [-0.39, 0.29) is 19.1 Å². The van der Waals surface area contributed by atoms with Crippen molar-refractivity contribution in [3.63, 3.8) is 0 Å². The molecule has 0 aliphatic rings. The first-order valence-corrected chi connectivity index (χ1v) is 32.2. The molecule has 0 aliphatic heterocycles. The Labute approximate surface area is 436 Å². The van der Waals surface area contributed by atoms with Crippen molar-refractivity contribution in [1.82, 2.24) is 5.32 Å². The second kappa shape index (κ2) is 52.8. The number of allylic oxidation sites excluding steroid dienone is 3. The van der Waals surface area contributed by atoms with Gasteiger partial charge in [-0.05, 0) is 44.9 Å². The number of hydrogen-bond donors (Lipinski definition) is 2. The number of phosphoric acid groups is 1. The van der Waals surface area contributed by atoms with Crippen molar-refractivity contribution in [2.45, 2.75) is 321 Å². The number of aliphatic hydroxyl groups excluding tert-OH is 1. The zero-order chi connectivity index (χ0) is 51.3. The van der Waals surface area contributed by atoms with E-state index < -0.39 is 20.0 Å². The highest BCUT2D eigenvalue weighted by molar-refractivity contribution is 7.45. The van der Waals surface area contributed by atoms with Crippen molar-refractivity contribution >= 4 is 13.7 Å². The highest BCUT2D eigenvalue weighted by Crippen LogP contribution is 2.38. The van der Waals surface area contributed by atoms with Crippen LogP contribution in [0.2, 0.25) is 0 Å². The van der Waals surface area contributed by atoms with E-state index >= 15 is 0 Å².